The van der Waals surface area contributed by atoms with Crippen molar-refractivity contribution in [3.05, 3.63) is 46.9 Å². The van der Waals surface area contributed by atoms with Gasteiger partial charge >= 0.3 is 0 Å². The van der Waals surface area contributed by atoms with Crippen LogP contribution in [-0.4, -0.2) is 24.9 Å². The predicted octanol–water partition coefficient (Wildman–Crippen LogP) is 2.92. The van der Waals surface area contributed by atoms with E-state index in [0.717, 1.165) is 24.2 Å². The molecular formula is C16H19ClN4O2S. The Hall–Kier alpha value is -1.70. The molecule has 0 bridgehead atoms. The van der Waals surface area contributed by atoms with Crippen LogP contribution in [0.15, 0.2) is 35.2 Å². The van der Waals surface area contributed by atoms with Crippen LogP contribution in [0.1, 0.15) is 37.1 Å². The van der Waals surface area contributed by atoms with E-state index in [2.05, 4.69) is 20.0 Å². The molecule has 0 spiro atoms. The molecule has 1 aliphatic rings. The number of sulfonamides is 1. The van der Waals surface area contributed by atoms with Gasteiger partial charge < -0.3 is 5.32 Å². The fourth-order valence-corrected chi connectivity index (χ4v) is 3.53. The van der Waals surface area contributed by atoms with Gasteiger partial charge in [-0.2, -0.15) is 0 Å². The minimum atomic E-state index is -3.42. The second kappa shape index (κ2) is 7.04. The topological polar surface area (TPSA) is 84.0 Å². The molecule has 0 radical (unpaired) electrons. The van der Waals surface area contributed by atoms with Crippen molar-refractivity contribution in [2.45, 2.75) is 37.1 Å². The van der Waals surface area contributed by atoms with Crippen LogP contribution in [0.25, 0.3) is 0 Å². The van der Waals surface area contributed by atoms with Gasteiger partial charge in [0.15, 0.2) is 0 Å². The third-order valence-corrected chi connectivity index (χ3v) is 5.45. The Balaban J connectivity index is 1.67. The molecule has 128 valence electrons. The highest BCUT2D eigenvalue weighted by molar-refractivity contribution is 7.89. The molecule has 0 aliphatic heterocycles. The summed E-state index contributed by atoms with van der Waals surface area (Å²) in [5, 5.41) is 3.64. The molecular weight excluding hydrogens is 348 g/mol. The van der Waals surface area contributed by atoms with Gasteiger partial charge in [0.2, 0.25) is 10.0 Å². The van der Waals surface area contributed by atoms with Crippen molar-refractivity contribution < 1.29 is 8.42 Å². The van der Waals surface area contributed by atoms with E-state index in [1.165, 1.54) is 0 Å². The van der Waals surface area contributed by atoms with E-state index in [4.69, 9.17) is 11.6 Å². The summed E-state index contributed by atoms with van der Waals surface area (Å²) in [6.07, 6.45) is 2.23. The number of halogens is 1. The lowest BCUT2D eigenvalue weighted by Crippen LogP contribution is -2.23. The Morgan fingerprint density at radius 1 is 1.21 bits per heavy atom. The Kier molecular flexibility index (Phi) is 5.03. The molecule has 3 rings (SSSR count). The average Bonchev–Trinajstić information content (AvgIpc) is 3.38. The minimum absolute atomic E-state index is 0.259. The van der Waals surface area contributed by atoms with Crippen molar-refractivity contribution >= 4 is 27.4 Å². The van der Waals surface area contributed by atoms with E-state index >= 15 is 0 Å². The summed E-state index contributed by atoms with van der Waals surface area (Å²) < 4.78 is 26.3. The summed E-state index contributed by atoms with van der Waals surface area (Å²) in [7, 11) is -3.42. The Morgan fingerprint density at radius 2 is 1.92 bits per heavy atom. The van der Waals surface area contributed by atoms with Gasteiger partial charge in [-0.05, 0) is 30.5 Å². The molecule has 1 aromatic heterocycles. The molecule has 0 atom stereocenters. The summed E-state index contributed by atoms with van der Waals surface area (Å²) >= 11 is 6.04. The van der Waals surface area contributed by atoms with Crippen molar-refractivity contribution in [2.24, 2.45) is 0 Å². The van der Waals surface area contributed by atoms with E-state index in [1.807, 2.05) is 0 Å². The van der Waals surface area contributed by atoms with Crippen LogP contribution < -0.4 is 10.0 Å². The summed E-state index contributed by atoms with van der Waals surface area (Å²) in [6, 6.07) is 8.44. The first kappa shape index (κ1) is 17.1. The maximum absolute atomic E-state index is 11.9. The largest absolute Gasteiger partial charge is 0.366 e. The number of aromatic nitrogens is 2. The molecule has 2 N–H and O–H groups in total. The van der Waals surface area contributed by atoms with E-state index in [9.17, 15) is 8.42 Å². The van der Waals surface area contributed by atoms with E-state index in [-0.39, 0.29) is 4.90 Å². The van der Waals surface area contributed by atoms with Gasteiger partial charge in [-0.3, -0.25) is 0 Å². The number of nitrogens with one attached hydrogen (secondary N) is 2. The molecule has 1 saturated carbocycles. The summed E-state index contributed by atoms with van der Waals surface area (Å²) in [4.78, 5) is 8.99. The Labute approximate surface area is 146 Å². The first-order chi connectivity index (χ1) is 11.5. The molecule has 1 aliphatic carbocycles. The molecule has 1 fully saturated rings. The van der Waals surface area contributed by atoms with Crippen LogP contribution in [0.2, 0.25) is 5.15 Å². The first-order valence-electron chi connectivity index (χ1n) is 7.85. The standard InChI is InChI=1S/C16H19ClN4O2S/c1-2-19-24(22,23)13-7-3-11(4-8-13)10-18-15-9-14(17)20-16(21-15)12-5-6-12/h3-4,7-9,12,19H,2,5-6,10H2,1H3,(H,18,20,21). The number of anilines is 1. The number of hydrogen-bond acceptors (Lipinski definition) is 5. The van der Waals surface area contributed by atoms with Gasteiger partial charge in [-0.1, -0.05) is 30.7 Å². The fourth-order valence-electron chi connectivity index (χ4n) is 2.30. The van der Waals surface area contributed by atoms with Crippen LogP contribution in [0.5, 0.6) is 0 Å². The van der Waals surface area contributed by atoms with Gasteiger partial charge in [-0.15, -0.1) is 0 Å². The van der Waals surface area contributed by atoms with Gasteiger partial charge in [0, 0.05) is 25.1 Å². The Bertz CT molecular complexity index is 820. The highest BCUT2D eigenvalue weighted by Crippen LogP contribution is 2.38. The van der Waals surface area contributed by atoms with Crippen LogP contribution in [-0.2, 0) is 16.6 Å². The highest BCUT2D eigenvalue weighted by atomic mass is 35.5. The highest BCUT2D eigenvalue weighted by Gasteiger charge is 2.27. The smallest absolute Gasteiger partial charge is 0.240 e. The first-order valence-corrected chi connectivity index (χ1v) is 9.71. The maximum atomic E-state index is 11.9. The number of nitrogens with zero attached hydrogens (tertiary/aromatic N) is 2. The fraction of sp³-hybridized carbons (Fsp3) is 0.375. The second-order valence-corrected chi connectivity index (χ2v) is 7.86. The van der Waals surface area contributed by atoms with Crippen LogP contribution >= 0.6 is 11.6 Å². The Morgan fingerprint density at radius 3 is 2.54 bits per heavy atom. The van der Waals surface area contributed by atoms with Gasteiger partial charge in [0.25, 0.3) is 0 Å². The van der Waals surface area contributed by atoms with Crippen molar-refractivity contribution in [1.29, 1.82) is 0 Å². The van der Waals surface area contributed by atoms with Gasteiger partial charge in [-0.25, -0.2) is 23.1 Å². The zero-order chi connectivity index (χ0) is 17.2. The van der Waals surface area contributed by atoms with E-state index < -0.39 is 10.0 Å². The number of benzene rings is 1. The average molecular weight is 367 g/mol. The number of hydrogen-bond donors (Lipinski definition) is 2. The molecule has 2 aromatic rings. The van der Waals surface area contributed by atoms with Crippen LogP contribution in [0.3, 0.4) is 0 Å². The summed E-state index contributed by atoms with van der Waals surface area (Å²) in [6.45, 7) is 2.64. The van der Waals surface area contributed by atoms with Gasteiger partial charge in [0.05, 0.1) is 4.90 Å². The quantitative estimate of drug-likeness (QED) is 0.736. The number of rotatable bonds is 7. The zero-order valence-corrected chi connectivity index (χ0v) is 14.9. The molecule has 0 amide bonds. The third kappa shape index (κ3) is 4.23. The summed E-state index contributed by atoms with van der Waals surface area (Å²) in [5.41, 5.74) is 0.952. The van der Waals surface area contributed by atoms with Crippen LogP contribution in [0, 0.1) is 0 Å². The van der Waals surface area contributed by atoms with Crippen molar-refractivity contribution in [2.75, 3.05) is 11.9 Å². The maximum Gasteiger partial charge on any atom is 0.240 e. The minimum Gasteiger partial charge on any atom is -0.366 e. The molecule has 6 nitrogen and oxygen atoms in total. The van der Waals surface area contributed by atoms with Crippen molar-refractivity contribution in [1.82, 2.24) is 14.7 Å². The lowest BCUT2D eigenvalue weighted by Gasteiger charge is -2.09. The SMILES string of the molecule is CCNS(=O)(=O)c1ccc(CNc2cc(Cl)nc(C3CC3)n2)cc1. The molecule has 1 aromatic carbocycles. The lowest BCUT2D eigenvalue weighted by molar-refractivity contribution is 0.584. The van der Waals surface area contributed by atoms with Gasteiger partial charge in [0.1, 0.15) is 16.8 Å². The summed E-state index contributed by atoms with van der Waals surface area (Å²) in [5.74, 6) is 1.90. The molecule has 24 heavy (non-hydrogen) atoms. The third-order valence-electron chi connectivity index (χ3n) is 3.70. The molecule has 1 heterocycles. The van der Waals surface area contributed by atoms with E-state index in [1.54, 1.807) is 37.3 Å². The monoisotopic (exact) mass is 366 g/mol. The molecule has 0 unspecified atom stereocenters. The molecule has 0 saturated heterocycles. The van der Waals surface area contributed by atoms with E-state index in [0.29, 0.717) is 30.0 Å². The van der Waals surface area contributed by atoms with Crippen molar-refractivity contribution in [3.63, 3.8) is 0 Å². The predicted molar refractivity (Wildman–Crippen MR) is 93.6 cm³/mol. The zero-order valence-electron chi connectivity index (χ0n) is 13.3. The second-order valence-electron chi connectivity index (χ2n) is 5.71. The molecule has 8 heteroatoms. The van der Waals surface area contributed by atoms with Crippen LogP contribution in [0.4, 0.5) is 5.82 Å². The normalized spacial score (nSPS) is 14.6. The lowest BCUT2D eigenvalue weighted by atomic mass is 10.2. The van der Waals surface area contributed by atoms with Crippen molar-refractivity contribution in [3.8, 4) is 0 Å².